The number of amides is 2. The molecule has 0 saturated carbocycles. The van der Waals surface area contributed by atoms with E-state index < -0.39 is 47.0 Å². The average Bonchev–Trinajstić information content (AvgIpc) is 3.38. The number of hydrogen-bond acceptors (Lipinski definition) is 15. The third kappa shape index (κ3) is 5.85. The van der Waals surface area contributed by atoms with Gasteiger partial charge in [0.1, 0.15) is 22.8 Å². The lowest BCUT2D eigenvalue weighted by Crippen LogP contribution is -2.71. The SMILES string of the molecule is CNc1c(C)c(N)nc(SCC2=C(C(=O)O)N3C(=O)C(NC(=O)/C(=N\O[C@@H](C)C(=O)O)c4csc(N)n4)[C@H]3SC2)[n+]1N. The Morgan fingerprint density at radius 1 is 1.33 bits per heavy atom. The molecule has 0 spiro atoms. The van der Waals surface area contributed by atoms with Gasteiger partial charge in [-0.1, -0.05) is 10.1 Å². The van der Waals surface area contributed by atoms with Crippen LogP contribution in [0.3, 0.4) is 0 Å². The highest BCUT2D eigenvalue weighted by Gasteiger charge is 2.54. The molecule has 42 heavy (non-hydrogen) atoms. The first-order chi connectivity index (χ1) is 19.8. The van der Waals surface area contributed by atoms with Gasteiger partial charge in [-0.05, 0) is 31.2 Å². The van der Waals surface area contributed by atoms with Gasteiger partial charge in [-0.2, -0.15) is 0 Å². The number of fused-ring (bicyclic) bond motifs is 1. The first kappa shape index (κ1) is 30.7. The fourth-order valence-corrected chi connectivity index (χ4v) is 6.94. The predicted octanol–water partition coefficient (Wildman–Crippen LogP) is -1.22. The number of rotatable bonds is 11. The monoisotopic (exact) mass is 639 g/mol. The minimum absolute atomic E-state index is 0.0156. The number of oxime groups is 1. The van der Waals surface area contributed by atoms with Gasteiger partial charge in [0.2, 0.25) is 11.9 Å². The number of nitrogen functional groups attached to an aromatic ring is 3. The van der Waals surface area contributed by atoms with Gasteiger partial charge >= 0.3 is 17.1 Å². The number of carbonyl (C=O) groups is 4. The Balaban J connectivity index is 1.53. The van der Waals surface area contributed by atoms with Gasteiger partial charge < -0.3 is 37.2 Å². The number of anilines is 3. The van der Waals surface area contributed by atoms with Crippen LogP contribution in [0.4, 0.5) is 16.8 Å². The number of thioether (sulfide) groups is 2. The highest BCUT2D eigenvalue weighted by Crippen LogP contribution is 2.41. The van der Waals surface area contributed by atoms with Gasteiger partial charge in [0.25, 0.3) is 17.6 Å². The van der Waals surface area contributed by atoms with Crippen molar-refractivity contribution in [3.63, 3.8) is 0 Å². The van der Waals surface area contributed by atoms with E-state index in [-0.39, 0.29) is 33.8 Å². The Morgan fingerprint density at radius 3 is 2.64 bits per heavy atom. The second kappa shape index (κ2) is 12.3. The van der Waals surface area contributed by atoms with E-state index in [1.807, 2.05) is 0 Å². The van der Waals surface area contributed by atoms with E-state index in [9.17, 15) is 24.3 Å². The van der Waals surface area contributed by atoms with E-state index in [1.54, 1.807) is 14.0 Å². The van der Waals surface area contributed by atoms with E-state index in [4.69, 9.17) is 27.3 Å². The third-order valence-electron chi connectivity index (χ3n) is 6.18. The summed E-state index contributed by atoms with van der Waals surface area (Å²) in [5, 5.41) is 29.4. The first-order valence-corrected chi connectivity index (χ1v) is 14.9. The van der Waals surface area contributed by atoms with Crippen molar-refractivity contribution in [2.75, 3.05) is 41.2 Å². The molecule has 10 N–H and O–H groups in total. The molecule has 2 aromatic heterocycles. The van der Waals surface area contributed by atoms with Crippen LogP contribution in [0.2, 0.25) is 0 Å². The molecule has 20 heteroatoms. The molecule has 2 amide bonds. The van der Waals surface area contributed by atoms with Gasteiger partial charge in [-0.3, -0.25) is 20.3 Å². The van der Waals surface area contributed by atoms with Crippen LogP contribution >= 0.6 is 34.9 Å². The topological polar surface area (TPSA) is 265 Å². The van der Waals surface area contributed by atoms with E-state index >= 15 is 0 Å². The van der Waals surface area contributed by atoms with Crippen molar-refractivity contribution in [3.8, 4) is 0 Å². The fourth-order valence-electron chi connectivity index (χ4n) is 3.98. The number of thiazole rings is 1. The number of carboxylic acid groups (broad SMARTS) is 2. The lowest BCUT2D eigenvalue weighted by Gasteiger charge is -2.49. The summed E-state index contributed by atoms with van der Waals surface area (Å²) in [6.07, 6.45) is -1.37. The summed E-state index contributed by atoms with van der Waals surface area (Å²) in [5.74, 6) is 3.20. The molecule has 0 radical (unpaired) electrons. The van der Waals surface area contributed by atoms with Crippen molar-refractivity contribution in [2.24, 2.45) is 5.16 Å². The summed E-state index contributed by atoms with van der Waals surface area (Å²) in [7, 11) is 1.68. The van der Waals surface area contributed by atoms with Crippen LogP contribution in [0.1, 0.15) is 18.2 Å². The third-order valence-corrected chi connectivity index (χ3v) is 9.23. The molecule has 1 unspecified atom stereocenters. The van der Waals surface area contributed by atoms with Crippen molar-refractivity contribution >= 4 is 81.1 Å². The molecule has 1 fully saturated rings. The summed E-state index contributed by atoms with van der Waals surface area (Å²) in [6, 6.07) is -1.09. The Bertz CT molecular complexity index is 1530. The predicted molar refractivity (Wildman–Crippen MR) is 155 cm³/mol. The molecule has 2 aliphatic heterocycles. The maximum Gasteiger partial charge on any atom is 0.352 e. The van der Waals surface area contributed by atoms with Crippen LogP contribution < -0.4 is 32.6 Å². The summed E-state index contributed by atoms with van der Waals surface area (Å²) in [4.78, 5) is 64.0. The van der Waals surface area contributed by atoms with Crippen molar-refractivity contribution < 1.29 is 38.9 Å². The minimum Gasteiger partial charge on any atom is -0.478 e. The fraction of sp³-hybridized carbons (Fsp3) is 0.364. The van der Waals surface area contributed by atoms with Gasteiger partial charge in [-0.15, -0.1) is 27.8 Å². The van der Waals surface area contributed by atoms with Crippen molar-refractivity contribution in [1.82, 2.24) is 20.2 Å². The standard InChI is InChI=1S/C22H26N10O7S3/c1-7-14(23)29-22(32(25)15(7)26-3)42-5-9-4-40-18-12(17(34)31(18)13(9)20(37)38)28-16(33)11(10-6-41-21(24)27-10)30-39-8(2)19(35)36/h6,8,12,18H,4-5,25H2,1-3H3,(H7,23,24,26,27,28,33,35,36,37,38)/p+1/b30-11-/t8-,12?,18+/m0/s1. The summed E-state index contributed by atoms with van der Waals surface area (Å²) >= 11 is 3.43. The average molecular weight is 640 g/mol. The number of nitrogens with zero attached hydrogens (tertiary/aromatic N) is 5. The van der Waals surface area contributed by atoms with Gasteiger partial charge in [0.05, 0.1) is 5.56 Å². The quantitative estimate of drug-likeness (QED) is 0.0289. The first-order valence-electron chi connectivity index (χ1n) is 12.0. The largest absolute Gasteiger partial charge is 0.478 e. The molecule has 4 heterocycles. The van der Waals surface area contributed by atoms with E-state index in [0.29, 0.717) is 22.1 Å². The van der Waals surface area contributed by atoms with Crippen LogP contribution in [0.25, 0.3) is 0 Å². The highest BCUT2D eigenvalue weighted by atomic mass is 32.2. The van der Waals surface area contributed by atoms with Crippen LogP contribution in [-0.4, -0.2) is 90.6 Å². The summed E-state index contributed by atoms with van der Waals surface area (Å²) < 4.78 is 1.31. The van der Waals surface area contributed by atoms with E-state index in [2.05, 4.69) is 25.8 Å². The van der Waals surface area contributed by atoms with Crippen LogP contribution in [-0.2, 0) is 24.0 Å². The molecular formula is C22H27N10O7S3+. The van der Waals surface area contributed by atoms with Crippen molar-refractivity contribution in [1.29, 1.82) is 0 Å². The zero-order valence-electron chi connectivity index (χ0n) is 22.4. The maximum atomic E-state index is 13.2. The lowest BCUT2D eigenvalue weighted by molar-refractivity contribution is -0.668. The van der Waals surface area contributed by atoms with Crippen LogP contribution in [0.15, 0.2) is 27.0 Å². The lowest BCUT2D eigenvalue weighted by atomic mass is 10.0. The van der Waals surface area contributed by atoms with E-state index in [1.165, 1.54) is 28.7 Å². The molecule has 17 nitrogen and oxygen atoms in total. The van der Waals surface area contributed by atoms with Crippen molar-refractivity contribution in [2.45, 2.75) is 36.5 Å². The second-order valence-corrected chi connectivity index (χ2v) is 11.8. The Morgan fingerprint density at radius 2 is 2.05 bits per heavy atom. The molecule has 0 aromatic carbocycles. The molecule has 0 bridgehead atoms. The van der Waals surface area contributed by atoms with Gasteiger partial charge in [-0.25, -0.2) is 14.6 Å². The number of nitrogens with two attached hydrogens (primary N) is 3. The van der Waals surface area contributed by atoms with Gasteiger partial charge in [0.15, 0.2) is 10.8 Å². The molecule has 4 rings (SSSR count). The minimum atomic E-state index is -1.37. The Kier molecular flexibility index (Phi) is 8.97. The van der Waals surface area contributed by atoms with Crippen molar-refractivity contribution in [3.05, 3.63) is 27.9 Å². The molecule has 3 atom stereocenters. The smallest absolute Gasteiger partial charge is 0.352 e. The second-order valence-electron chi connectivity index (χ2n) is 8.88. The molecule has 2 aliphatic rings. The Labute approximate surface area is 250 Å². The molecule has 2 aromatic rings. The normalized spacial score (nSPS) is 19.1. The number of β-lactam (4-membered cyclic amide) rings is 1. The number of aromatic nitrogens is 3. The van der Waals surface area contributed by atoms with Crippen LogP contribution in [0, 0.1) is 6.92 Å². The number of nitrogens with one attached hydrogen (secondary N) is 2. The molecule has 1 saturated heterocycles. The number of hydrogen-bond donors (Lipinski definition) is 7. The van der Waals surface area contributed by atoms with Gasteiger partial charge in [0, 0.05) is 23.9 Å². The molecule has 224 valence electrons. The molecule has 0 aliphatic carbocycles. The zero-order valence-corrected chi connectivity index (χ0v) is 24.8. The number of carboxylic acids is 2. The number of carbonyl (C=O) groups excluding carboxylic acids is 2. The van der Waals surface area contributed by atoms with Crippen LogP contribution in [0.5, 0.6) is 0 Å². The summed E-state index contributed by atoms with van der Waals surface area (Å²) in [5.41, 5.74) is 12.2. The Hall–Kier alpha value is -4.30. The maximum absolute atomic E-state index is 13.2. The summed E-state index contributed by atoms with van der Waals surface area (Å²) in [6.45, 7) is 2.97. The number of aliphatic carboxylic acids is 2. The van der Waals surface area contributed by atoms with E-state index in [0.717, 1.165) is 28.0 Å². The highest BCUT2D eigenvalue weighted by molar-refractivity contribution is 8.01. The molecular weight excluding hydrogens is 613 g/mol. The zero-order chi connectivity index (χ0) is 30.9.